The minimum atomic E-state index is -1.99. The number of piperidine rings is 1. The number of nitrogens with zero attached hydrogens (tertiary/aromatic N) is 4. The van der Waals surface area contributed by atoms with Crippen LogP contribution in [0.3, 0.4) is 0 Å². The molecular weight excluding hydrogens is 491 g/mol. The Morgan fingerprint density at radius 2 is 1.84 bits per heavy atom. The van der Waals surface area contributed by atoms with E-state index in [9.17, 15) is 4.79 Å². The van der Waals surface area contributed by atoms with Crippen molar-refractivity contribution in [2.45, 2.75) is 71.7 Å². The van der Waals surface area contributed by atoms with Gasteiger partial charge in [-0.2, -0.15) is 0 Å². The third kappa shape index (κ3) is 7.81. The normalized spacial score (nSPS) is 14.5. The van der Waals surface area contributed by atoms with E-state index in [1.165, 1.54) is 0 Å². The smallest absolute Gasteiger partial charge is 0.309 e. The molecule has 0 N–H and O–H groups in total. The second kappa shape index (κ2) is 12.6. The maximum Gasteiger partial charge on any atom is 0.309 e. The summed E-state index contributed by atoms with van der Waals surface area (Å²) in [6.07, 6.45) is 4.96. The van der Waals surface area contributed by atoms with Crippen LogP contribution < -0.4 is 4.90 Å². The molecule has 0 saturated carbocycles. The van der Waals surface area contributed by atoms with Gasteiger partial charge in [0.2, 0.25) is 5.95 Å². The highest BCUT2D eigenvalue weighted by molar-refractivity contribution is 6.74. The van der Waals surface area contributed by atoms with Crippen molar-refractivity contribution in [2.24, 2.45) is 5.16 Å². The summed E-state index contributed by atoms with van der Waals surface area (Å²) in [6, 6.07) is 5.36. The largest absolute Gasteiger partial charge is 0.466 e. The molecule has 0 unspecified atom stereocenters. The van der Waals surface area contributed by atoms with Crippen LogP contribution in [-0.4, -0.2) is 56.3 Å². The monoisotopic (exact) mass is 530 g/mol. The minimum Gasteiger partial charge on any atom is -0.466 e. The molecule has 0 atom stereocenters. The number of halogens is 1. The Balaban J connectivity index is 1.57. The zero-order valence-corrected chi connectivity index (χ0v) is 23.8. The number of oxime groups is 1. The van der Waals surface area contributed by atoms with Gasteiger partial charge in [0.15, 0.2) is 8.32 Å². The Morgan fingerprint density at radius 1 is 1.16 bits per heavy atom. The van der Waals surface area contributed by atoms with Crippen molar-refractivity contribution in [2.75, 3.05) is 31.2 Å². The molecule has 1 aliphatic heterocycles. The molecular formula is C27H39FN4O4Si. The summed E-state index contributed by atoms with van der Waals surface area (Å²) in [5, 5.41) is 4.21. The molecule has 0 amide bonds. The van der Waals surface area contributed by atoms with Gasteiger partial charge in [0.25, 0.3) is 0 Å². The molecule has 0 bridgehead atoms. The summed E-state index contributed by atoms with van der Waals surface area (Å²) in [5.41, 5.74) is 2.58. The van der Waals surface area contributed by atoms with E-state index in [-0.39, 0.29) is 36.5 Å². The number of ether oxygens (including phenoxy) is 1. The van der Waals surface area contributed by atoms with Crippen LogP contribution >= 0.6 is 0 Å². The third-order valence-electron chi connectivity index (χ3n) is 6.94. The summed E-state index contributed by atoms with van der Waals surface area (Å²) in [5.74, 6) is 0.0207. The van der Waals surface area contributed by atoms with Crippen molar-refractivity contribution in [3.8, 4) is 11.1 Å². The van der Waals surface area contributed by atoms with E-state index in [0.29, 0.717) is 42.3 Å². The lowest BCUT2D eigenvalue weighted by Crippen LogP contribution is -2.40. The fraction of sp³-hybridized carbons (Fsp3) is 0.556. The van der Waals surface area contributed by atoms with Gasteiger partial charge in [-0.05, 0) is 25.1 Å². The Labute approximate surface area is 220 Å². The fourth-order valence-corrected chi connectivity index (χ4v) is 4.52. The molecule has 0 radical (unpaired) electrons. The van der Waals surface area contributed by atoms with Crippen molar-refractivity contribution in [3.63, 3.8) is 0 Å². The van der Waals surface area contributed by atoms with Crippen LogP contribution in [0.4, 0.5) is 10.3 Å². The highest BCUT2D eigenvalue weighted by Gasteiger charge is 2.37. The van der Waals surface area contributed by atoms with Gasteiger partial charge in [0.05, 0.1) is 25.3 Å². The summed E-state index contributed by atoms with van der Waals surface area (Å²) < 4.78 is 26.5. The molecule has 202 valence electrons. The molecule has 10 heteroatoms. The number of aromatic nitrogens is 2. The van der Waals surface area contributed by atoms with Gasteiger partial charge < -0.3 is 18.9 Å². The Hall–Kier alpha value is -2.85. The standard InChI is InChI=1S/C27H39FN4O4Si/c1-7-34-24(33)13-16-35-31-22-11-14-32(15-12-22)26-29-17-21(18-30-26)23-10-8-9-20(25(23)28)19-36-37(5,6)27(2,3)4/h8-10,17-18H,7,11-16,19H2,1-6H3. The van der Waals surface area contributed by atoms with Crippen LogP contribution in [0.25, 0.3) is 11.1 Å². The Morgan fingerprint density at radius 3 is 2.46 bits per heavy atom. The van der Waals surface area contributed by atoms with Crippen molar-refractivity contribution in [3.05, 3.63) is 42.0 Å². The van der Waals surface area contributed by atoms with Crippen LogP contribution in [-0.2, 0) is 25.4 Å². The van der Waals surface area contributed by atoms with Crippen LogP contribution in [0.5, 0.6) is 0 Å². The first kappa shape index (κ1) is 28.7. The first-order valence-corrected chi connectivity index (χ1v) is 15.7. The lowest BCUT2D eigenvalue weighted by molar-refractivity contribution is -0.144. The summed E-state index contributed by atoms with van der Waals surface area (Å²) in [6.45, 7) is 14.8. The van der Waals surface area contributed by atoms with Gasteiger partial charge in [-0.3, -0.25) is 4.79 Å². The van der Waals surface area contributed by atoms with Gasteiger partial charge in [-0.1, -0.05) is 44.1 Å². The molecule has 8 nitrogen and oxygen atoms in total. The SMILES string of the molecule is CCOC(=O)CCON=C1CCN(c2ncc(-c3cccc(CO[Si](C)(C)C(C)(C)C)c3F)cn2)CC1. The first-order chi connectivity index (χ1) is 17.5. The number of carbonyl (C=O) groups excluding carboxylic acids is 1. The molecule has 1 saturated heterocycles. The van der Waals surface area contributed by atoms with Gasteiger partial charge in [0, 0.05) is 55.0 Å². The maximum atomic E-state index is 15.4. The van der Waals surface area contributed by atoms with Crippen LogP contribution in [0.2, 0.25) is 18.1 Å². The molecule has 1 fully saturated rings. The lowest BCUT2D eigenvalue weighted by atomic mass is 10.1. The molecule has 2 heterocycles. The Kier molecular flexibility index (Phi) is 9.78. The van der Waals surface area contributed by atoms with Crippen LogP contribution in [0, 0.1) is 5.82 Å². The average Bonchev–Trinajstić information content (AvgIpc) is 2.86. The zero-order chi connectivity index (χ0) is 27.1. The summed E-state index contributed by atoms with van der Waals surface area (Å²) in [4.78, 5) is 27.7. The number of esters is 1. The van der Waals surface area contributed by atoms with Crippen LogP contribution in [0.1, 0.15) is 52.5 Å². The van der Waals surface area contributed by atoms with Crippen molar-refractivity contribution >= 4 is 25.9 Å². The number of hydrogen-bond acceptors (Lipinski definition) is 8. The number of carbonyl (C=O) groups is 1. The number of hydrogen-bond donors (Lipinski definition) is 0. The van der Waals surface area contributed by atoms with E-state index in [0.717, 1.165) is 18.6 Å². The van der Waals surface area contributed by atoms with Crippen molar-refractivity contribution in [1.82, 2.24) is 9.97 Å². The molecule has 1 aromatic carbocycles. The van der Waals surface area contributed by atoms with Gasteiger partial charge >= 0.3 is 5.97 Å². The van der Waals surface area contributed by atoms with E-state index in [4.69, 9.17) is 14.0 Å². The lowest BCUT2D eigenvalue weighted by Gasteiger charge is -2.36. The quantitative estimate of drug-likeness (QED) is 0.168. The maximum absolute atomic E-state index is 15.4. The van der Waals surface area contributed by atoms with E-state index in [2.05, 4.69) is 53.9 Å². The van der Waals surface area contributed by atoms with Crippen molar-refractivity contribution < 1.29 is 23.2 Å². The summed E-state index contributed by atoms with van der Waals surface area (Å²) >= 11 is 0. The van der Waals surface area contributed by atoms with E-state index < -0.39 is 8.32 Å². The highest BCUT2D eigenvalue weighted by Crippen LogP contribution is 2.37. The predicted octanol–water partition coefficient (Wildman–Crippen LogP) is 5.73. The second-order valence-corrected chi connectivity index (χ2v) is 15.4. The first-order valence-electron chi connectivity index (χ1n) is 12.8. The van der Waals surface area contributed by atoms with E-state index in [1.54, 1.807) is 31.5 Å². The number of rotatable bonds is 10. The number of benzene rings is 1. The average molecular weight is 531 g/mol. The van der Waals surface area contributed by atoms with Gasteiger partial charge in [-0.25, -0.2) is 14.4 Å². The highest BCUT2D eigenvalue weighted by atomic mass is 28.4. The molecule has 0 aliphatic carbocycles. The van der Waals surface area contributed by atoms with E-state index in [1.807, 2.05) is 6.07 Å². The molecule has 1 aromatic heterocycles. The van der Waals surface area contributed by atoms with Crippen LogP contribution in [0.15, 0.2) is 35.7 Å². The van der Waals surface area contributed by atoms with Crippen molar-refractivity contribution in [1.29, 1.82) is 0 Å². The fourth-order valence-electron chi connectivity index (χ4n) is 3.57. The minimum absolute atomic E-state index is 0.0585. The second-order valence-electron chi connectivity index (χ2n) is 10.6. The summed E-state index contributed by atoms with van der Waals surface area (Å²) in [7, 11) is -1.99. The predicted molar refractivity (Wildman–Crippen MR) is 145 cm³/mol. The molecule has 0 spiro atoms. The topological polar surface area (TPSA) is 86.1 Å². The molecule has 37 heavy (non-hydrogen) atoms. The Bertz CT molecular complexity index is 1080. The number of anilines is 1. The molecule has 3 rings (SSSR count). The van der Waals surface area contributed by atoms with E-state index >= 15 is 4.39 Å². The van der Waals surface area contributed by atoms with Gasteiger partial charge in [-0.15, -0.1) is 0 Å². The molecule has 1 aliphatic rings. The van der Waals surface area contributed by atoms with Gasteiger partial charge in [0.1, 0.15) is 12.4 Å². The third-order valence-corrected chi connectivity index (χ3v) is 11.4. The zero-order valence-electron chi connectivity index (χ0n) is 22.8. The molecule has 2 aromatic rings.